The quantitative estimate of drug-likeness (QED) is 0.164. The monoisotopic (exact) mass is 575 g/mol. The molecule has 2 aromatic heterocycles. The summed E-state index contributed by atoms with van der Waals surface area (Å²) < 4.78 is 7.77. The molecule has 1 amide bonds. The topological polar surface area (TPSA) is 93.2 Å². The maximum absolute atomic E-state index is 12.8. The molecule has 0 N–H and O–H groups in total. The SMILES string of the molecule is Cc1cccc(-c2ccc3nc(-c4cccc([N+](=O)[O-])c4)c(CN4CCN(C(=O)COCc5ccccc5)CC4)n3c2)c1. The standard InChI is InChI=1S/C34H33N5O4/c1-25-7-5-10-27(19-25)29-13-14-32-35-34(28-11-6-12-30(20-28)39(41)42)31(38(32)21-29)22-36-15-17-37(18-16-36)33(40)24-43-23-26-8-3-2-4-9-26/h2-14,19-21H,15-18,22-24H2,1H3. The molecule has 9 nitrogen and oxygen atoms in total. The summed E-state index contributed by atoms with van der Waals surface area (Å²) in [6, 6.07) is 28.9. The first kappa shape index (κ1) is 28.3. The number of hydrogen-bond donors (Lipinski definition) is 0. The molecule has 1 fully saturated rings. The first-order valence-corrected chi connectivity index (χ1v) is 14.4. The predicted octanol–water partition coefficient (Wildman–Crippen LogP) is 5.75. The molecular formula is C34H33N5O4. The Balaban J connectivity index is 1.22. The smallest absolute Gasteiger partial charge is 0.270 e. The number of aryl methyl sites for hydroxylation is 1. The molecule has 3 heterocycles. The minimum Gasteiger partial charge on any atom is -0.367 e. The van der Waals surface area contributed by atoms with Crippen LogP contribution in [0.4, 0.5) is 5.69 Å². The van der Waals surface area contributed by atoms with Gasteiger partial charge in [-0.25, -0.2) is 4.98 Å². The van der Waals surface area contributed by atoms with Gasteiger partial charge in [0.05, 0.1) is 22.9 Å². The van der Waals surface area contributed by atoms with Crippen molar-refractivity contribution in [2.24, 2.45) is 0 Å². The van der Waals surface area contributed by atoms with Crippen molar-refractivity contribution in [3.63, 3.8) is 0 Å². The lowest BCUT2D eigenvalue weighted by Crippen LogP contribution is -2.49. The van der Waals surface area contributed by atoms with E-state index in [9.17, 15) is 14.9 Å². The normalized spacial score (nSPS) is 13.8. The van der Waals surface area contributed by atoms with Crippen molar-refractivity contribution in [1.29, 1.82) is 0 Å². The predicted molar refractivity (Wildman–Crippen MR) is 165 cm³/mol. The van der Waals surface area contributed by atoms with Gasteiger partial charge < -0.3 is 14.0 Å². The molecule has 0 unspecified atom stereocenters. The zero-order valence-electron chi connectivity index (χ0n) is 24.1. The van der Waals surface area contributed by atoms with Crippen LogP contribution in [0.15, 0.2) is 97.2 Å². The van der Waals surface area contributed by atoms with Crippen molar-refractivity contribution in [2.75, 3.05) is 32.8 Å². The number of carbonyl (C=O) groups is 1. The number of pyridine rings is 1. The first-order valence-electron chi connectivity index (χ1n) is 14.4. The summed E-state index contributed by atoms with van der Waals surface area (Å²) in [4.78, 5) is 33.1. The molecule has 0 aliphatic carbocycles. The first-order chi connectivity index (χ1) is 20.9. The van der Waals surface area contributed by atoms with Crippen LogP contribution in [0.1, 0.15) is 16.8 Å². The molecule has 9 heteroatoms. The van der Waals surface area contributed by atoms with E-state index < -0.39 is 0 Å². The van der Waals surface area contributed by atoms with Crippen LogP contribution in [0, 0.1) is 17.0 Å². The van der Waals surface area contributed by atoms with Crippen LogP contribution in [0.2, 0.25) is 0 Å². The van der Waals surface area contributed by atoms with Gasteiger partial charge in [0.2, 0.25) is 5.91 Å². The molecule has 1 aliphatic rings. The minimum atomic E-state index is -0.380. The summed E-state index contributed by atoms with van der Waals surface area (Å²) in [5, 5.41) is 11.5. The number of piperazine rings is 1. The summed E-state index contributed by atoms with van der Waals surface area (Å²) in [7, 11) is 0. The van der Waals surface area contributed by atoms with Crippen molar-refractivity contribution in [1.82, 2.24) is 19.2 Å². The van der Waals surface area contributed by atoms with Gasteiger partial charge in [0.15, 0.2) is 0 Å². The molecule has 43 heavy (non-hydrogen) atoms. The van der Waals surface area contributed by atoms with Gasteiger partial charge in [0.1, 0.15) is 12.3 Å². The maximum atomic E-state index is 12.8. The Bertz CT molecular complexity index is 1760. The Hall–Kier alpha value is -4.86. The van der Waals surface area contributed by atoms with Crippen LogP contribution < -0.4 is 0 Å². The van der Waals surface area contributed by atoms with E-state index in [-0.39, 0.29) is 23.1 Å². The van der Waals surface area contributed by atoms with E-state index in [0.717, 1.165) is 33.7 Å². The molecule has 1 saturated heterocycles. The van der Waals surface area contributed by atoms with Crippen molar-refractivity contribution in [3.8, 4) is 22.4 Å². The number of ether oxygens (including phenoxy) is 1. The molecule has 0 bridgehead atoms. The number of fused-ring (bicyclic) bond motifs is 1. The van der Waals surface area contributed by atoms with Crippen molar-refractivity contribution >= 4 is 17.2 Å². The van der Waals surface area contributed by atoms with Gasteiger partial charge in [-0.2, -0.15) is 0 Å². The summed E-state index contributed by atoms with van der Waals surface area (Å²) >= 11 is 0. The average Bonchev–Trinajstić information content (AvgIpc) is 3.39. The lowest BCUT2D eigenvalue weighted by molar-refractivity contribution is -0.384. The van der Waals surface area contributed by atoms with Gasteiger partial charge in [-0.1, -0.05) is 72.3 Å². The summed E-state index contributed by atoms with van der Waals surface area (Å²) in [6.07, 6.45) is 2.09. The largest absolute Gasteiger partial charge is 0.367 e. The molecule has 0 radical (unpaired) electrons. The van der Waals surface area contributed by atoms with Crippen LogP contribution in [-0.4, -0.2) is 62.8 Å². The van der Waals surface area contributed by atoms with E-state index in [4.69, 9.17) is 9.72 Å². The van der Waals surface area contributed by atoms with Crippen LogP contribution in [0.3, 0.4) is 0 Å². The van der Waals surface area contributed by atoms with Crippen LogP contribution in [-0.2, 0) is 22.7 Å². The van der Waals surface area contributed by atoms with E-state index in [2.05, 4.69) is 46.7 Å². The highest BCUT2D eigenvalue weighted by atomic mass is 16.6. The zero-order chi connectivity index (χ0) is 29.8. The second kappa shape index (κ2) is 12.6. The number of carbonyl (C=O) groups excluding carboxylic acids is 1. The molecule has 0 spiro atoms. The summed E-state index contributed by atoms with van der Waals surface area (Å²) in [5.74, 6) is -0.00883. The fourth-order valence-corrected chi connectivity index (χ4v) is 5.53. The van der Waals surface area contributed by atoms with Crippen LogP contribution >= 0.6 is 0 Å². The van der Waals surface area contributed by atoms with Crippen molar-refractivity contribution in [2.45, 2.75) is 20.1 Å². The zero-order valence-corrected chi connectivity index (χ0v) is 24.1. The lowest BCUT2D eigenvalue weighted by Gasteiger charge is -2.34. The second-order valence-corrected chi connectivity index (χ2v) is 10.9. The molecular weight excluding hydrogens is 542 g/mol. The highest BCUT2D eigenvalue weighted by Crippen LogP contribution is 2.30. The Morgan fingerprint density at radius 3 is 2.42 bits per heavy atom. The number of nitro groups is 1. The van der Waals surface area contributed by atoms with Gasteiger partial charge in [0.25, 0.3) is 5.69 Å². The fourth-order valence-electron chi connectivity index (χ4n) is 5.53. The molecule has 5 aromatic rings. The Morgan fingerprint density at radius 1 is 0.884 bits per heavy atom. The maximum Gasteiger partial charge on any atom is 0.270 e. The van der Waals surface area contributed by atoms with Crippen LogP contribution in [0.5, 0.6) is 0 Å². The third-order valence-electron chi connectivity index (χ3n) is 7.83. The van der Waals surface area contributed by atoms with Gasteiger partial charge in [-0.3, -0.25) is 19.8 Å². The number of benzene rings is 3. The second-order valence-electron chi connectivity index (χ2n) is 10.9. The van der Waals surface area contributed by atoms with Crippen LogP contribution in [0.25, 0.3) is 28.0 Å². The number of rotatable bonds is 9. The lowest BCUT2D eigenvalue weighted by atomic mass is 10.1. The third kappa shape index (κ3) is 6.48. The number of aromatic nitrogens is 2. The third-order valence-corrected chi connectivity index (χ3v) is 7.83. The number of nitro benzene ring substituents is 1. The minimum absolute atomic E-state index is 0.00883. The van der Waals surface area contributed by atoms with E-state index >= 15 is 0 Å². The molecule has 218 valence electrons. The van der Waals surface area contributed by atoms with E-state index in [1.165, 1.54) is 11.6 Å². The van der Waals surface area contributed by atoms with Crippen molar-refractivity contribution in [3.05, 3.63) is 124 Å². The molecule has 6 rings (SSSR count). The highest BCUT2D eigenvalue weighted by molar-refractivity contribution is 5.77. The Labute approximate surface area is 250 Å². The van der Waals surface area contributed by atoms with Crippen molar-refractivity contribution < 1.29 is 14.5 Å². The summed E-state index contributed by atoms with van der Waals surface area (Å²) in [5.41, 5.74) is 7.58. The van der Waals surface area contributed by atoms with Gasteiger partial charge in [0, 0.05) is 56.6 Å². The fraction of sp³-hybridized carbons (Fsp3) is 0.235. The molecule has 3 aromatic carbocycles. The molecule has 1 aliphatic heterocycles. The number of imidazole rings is 1. The number of nitrogens with zero attached hydrogens (tertiary/aromatic N) is 5. The average molecular weight is 576 g/mol. The Morgan fingerprint density at radius 2 is 1.65 bits per heavy atom. The van der Waals surface area contributed by atoms with E-state index in [1.54, 1.807) is 12.1 Å². The summed E-state index contributed by atoms with van der Waals surface area (Å²) in [6.45, 7) is 5.73. The van der Waals surface area contributed by atoms with Gasteiger partial charge in [-0.05, 0) is 35.7 Å². The number of amides is 1. The number of hydrogen-bond acceptors (Lipinski definition) is 6. The van der Waals surface area contributed by atoms with Gasteiger partial charge in [-0.15, -0.1) is 0 Å². The van der Waals surface area contributed by atoms with E-state index in [1.807, 2.05) is 53.4 Å². The van der Waals surface area contributed by atoms with Gasteiger partial charge >= 0.3 is 0 Å². The molecule has 0 saturated carbocycles. The highest BCUT2D eigenvalue weighted by Gasteiger charge is 2.24. The molecule has 0 atom stereocenters. The Kier molecular flexibility index (Phi) is 8.26. The van der Waals surface area contributed by atoms with E-state index in [0.29, 0.717) is 44.9 Å². The number of non-ortho nitro benzene ring substituents is 1.